The molecular weight excluding hydrogens is 550 g/mol. The number of anilines is 3. The molecular formula is C21H22N7OW-. The second-order valence-electron chi connectivity index (χ2n) is 7.49. The van der Waals surface area contributed by atoms with Crippen LogP contribution in [0.1, 0.15) is 25.7 Å². The molecule has 0 amide bonds. The van der Waals surface area contributed by atoms with Gasteiger partial charge in [-0.05, 0) is 24.3 Å². The number of aromatic nitrogens is 4. The molecule has 1 fully saturated rings. The minimum absolute atomic E-state index is 0. The average Bonchev–Trinajstić information content (AvgIpc) is 3.20. The molecule has 2 atom stereocenters. The molecule has 1 aliphatic rings. The number of benzene rings is 1. The van der Waals surface area contributed by atoms with Crippen molar-refractivity contribution >= 4 is 39.1 Å². The van der Waals surface area contributed by atoms with Crippen LogP contribution in [0.4, 0.5) is 17.3 Å². The Morgan fingerprint density at radius 3 is 2.93 bits per heavy atom. The van der Waals surface area contributed by atoms with Crippen molar-refractivity contribution < 1.29 is 21.1 Å². The van der Waals surface area contributed by atoms with Gasteiger partial charge in [-0.3, -0.25) is 4.79 Å². The van der Waals surface area contributed by atoms with Crippen molar-refractivity contribution in [1.82, 2.24) is 19.9 Å². The summed E-state index contributed by atoms with van der Waals surface area (Å²) in [6, 6.07) is 9.81. The molecule has 1 saturated carbocycles. The molecule has 0 saturated heterocycles. The SMILES string of the molecule is NC1CCCCC1Nc1cc2nc[nH]c(=O)c2c(Nc2cccc3[n-]ccc23)n1.[W]. The first-order chi connectivity index (χ1) is 14.2. The van der Waals surface area contributed by atoms with E-state index >= 15 is 0 Å². The number of fused-ring (bicyclic) bond motifs is 2. The van der Waals surface area contributed by atoms with Crippen LogP contribution in [0.5, 0.6) is 0 Å². The van der Waals surface area contributed by atoms with Crippen LogP contribution in [0, 0.1) is 0 Å². The van der Waals surface area contributed by atoms with E-state index < -0.39 is 0 Å². The maximum absolute atomic E-state index is 12.5. The first kappa shape index (κ1) is 20.6. The number of hydrogen-bond acceptors (Lipinski definition) is 6. The number of H-pyrrole nitrogens is 1. The standard InChI is InChI=1S/C21H22N7O.W/c22-13-4-1-2-5-16(13)26-18-10-17-19(21(29)25-11-24-17)20(28-18)27-15-7-3-6-14-12(15)8-9-23-14;/h3,6-11,13,16H,1-2,4-5,22H2,(H3,24,25,26,27,28,29);/q-1;. The van der Waals surface area contributed by atoms with E-state index in [0.717, 1.165) is 42.3 Å². The van der Waals surface area contributed by atoms with Gasteiger partial charge in [-0.15, -0.1) is 5.52 Å². The predicted molar refractivity (Wildman–Crippen MR) is 115 cm³/mol. The van der Waals surface area contributed by atoms with Gasteiger partial charge in [0.2, 0.25) is 0 Å². The minimum Gasteiger partial charge on any atom is -0.664 e. The van der Waals surface area contributed by atoms with Crippen molar-refractivity contribution in [2.45, 2.75) is 37.8 Å². The number of pyridine rings is 1. The van der Waals surface area contributed by atoms with Crippen molar-refractivity contribution in [2.24, 2.45) is 5.73 Å². The largest absolute Gasteiger partial charge is 0.664 e. The number of aromatic amines is 1. The Labute approximate surface area is 187 Å². The Bertz CT molecular complexity index is 1230. The zero-order valence-electron chi connectivity index (χ0n) is 16.3. The van der Waals surface area contributed by atoms with Gasteiger partial charge in [-0.1, -0.05) is 31.0 Å². The van der Waals surface area contributed by atoms with E-state index in [4.69, 9.17) is 10.7 Å². The molecule has 1 aromatic carbocycles. The summed E-state index contributed by atoms with van der Waals surface area (Å²) in [5.74, 6) is 1.12. The number of hydrogen-bond donors (Lipinski definition) is 4. The third-order valence-electron chi connectivity index (χ3n) is 5.57. The number of nitrogens with one attached hydrogen (secondary N) is 3. The van der Waals surface area contributed by atoms with Gasteiger partial charge in [0, 0.05) is 44.9 Å². The Morgan fingerprint density at radius 2 is 2.07 bits per heavy atom. The molecule has 5 N–H and O–H groups in total. The van der Waals surface area contributed by atoms with E-state index in [0.29, 0.717) is 22.5 Å². The first-order valence-corrected chi connectivity index (χ1v) is 9.87. The first-order valence-electron chi connectivity index (χ1n) is 9.87. The van der Waals surface area contributed by atoms with E-state index in [1.54, 1.807) is 6.20 Å². The Balaban J connectivity index is 0.00000218. The van der Waals surface area contributed by atoms with E-state index in [-0.39, 0.29) is 38.7 Å². The van der Waals surface area contributed by atoms with Crippen LogP contribution in [0.15, 0.2) is 47.7 Å². The molecule has 0 radical (unpaired) electrons. The fraction of sp³-hybridized carbons (Fsp3) is 0.286. The van der Waals surface area contributed by atoms with Crippen molar-refractivity contribution in [2.75, 3.05) is 10.6 Å². The molecule has 1 aliphatic carbocycles. The van der Waals surface area contributed by atoms with Crippen LogP contribution in [0.2, 0.25) is 0 Å². The maximum Gasteiger partial charge on any atom is 0.262 e. The van der Waals surface area contributed by atoms with Crippen LogP contribution in [-0.4, -0.2) is 27.0 Å². The molecule has 2 unspecified atom stereocenters. The molecule has 9 heteroatoms. The summed E-state index contributed by atoms with van der Waals surface area (Å²) in [6.45, 7) is 0. The predicted octanol–water partition coefficient (Wildman–Crippen LogP) is 2.85. The second kappa shape index (κ2) is 8.58. The quantitative estimate of drug-likeness (QED) is 0.297. The molecule has 3 aromatic heterocycles. The zero-order chi connectivity index (χ0) is 19.8. The van der Waals surface area contributed by atoms with Crippen LogP contribution < -0.4 is 26.9 Å². The third-order valence-corrected chi connectivity index (χ3v) is 5.57. The summed E-state index contributed by atoms with van der Waals surface area (Å²) in [5.41, 5.74) is 8.35. The van der Waals surface area contributed by atoms with Crippen LogP contribution in [-0.2, 0) is 21.1 Å². The van der Waals surface area contributed by atoms with E-state index in [1.165, 1.54) is 6.33 Å². The van der Waals surface area contributed by atoms with E-state index in [9.17, 15) is 4.79 Å². The third kappa shape index (κ3) is 3.85. The molecule has 0 bridgehead atoms. The molecule has 8 nitrogen and oxygen atoms in total. The second-order valence-corrected chi connectivity index (χ2v) is 7.49. The maximum atomic E-state index is 12.5. The summed E-state index contributed by atoms with van der Waals surface area (Å²) in [6.07, 6.45) is 7.48. The van der Waals surface area contributed by atoms with Gasteiger partial charge in [-0.25, -0.2) is 9.97 Å². The summed E-state index contributed by atoms with van der Waals surface area (Å²) >= 11 is 0. The van der Waals surface area contributed by atoms with Gasteiger partial charge in [0.25, 0.3) is 5.56 Å². The average molecular weight is 572 g/mol. The Kier molecular flexibility index (Phi) is 5.88. The van der Waals surface area contributed by atoms with Crippen molar-refractivity contribution in [3.8, 4) is 0 Å². The van der Waals surface area contributed by atoms with Crippen LogP contribution in [0.25, 0.3) is 21.8 Å². The zero-order valence-corrected chi connectivity index (χ0v) is 19.2. The molecule has 30 heavy (non-hydrogen) atoms. The van der Waals surface area contributed by atoms with Gasteiger partial charge in [-0.2, -0.15) is 6.20 Å². The van der Waals surface area contributed by atoms with Gasteiger partial charge >= 0.3 is 0 Å². The topological polar surface area (TPSA) is 123 Å². The van der Waals surface area contributed by atoms with E-state index in [1.807, 2.05) is 30.3 Å². The molecule has 3 heterocycles. The van der Waals surface area contributed by atoms with Crippen LogP contribution in [0.3, 0.4) is 0 Å². The molecule has 0 spiro atoms. The summed E-state index contributed by atoms with van der Waals surface area (Å²) in [5, 5.41) is 8.17. The molecule has 4 aromatic rings. The Morgan fingerprint density at radius 1 is 1.20 bits per heavy atom. The Hall–Kier alpha value is -2.70. The molecule has 5 rings (SSSR count). The summed E-state index contributed by atoms with van der Waals surface area (Å²) in [4.78, 5) is 28.6. The summed E-state index contributed by atoms with van der Waals surface area (Å²) < 4.78 is 0. The van der Waals surface area contributed by atoms with Crippen molar-refractivity contribution in [1.29, 1.82) is 0 Å². The van der Waals surface area contributed by atoms with Gasteiger partial charge < -0.3 is 26.3 Å². The number of nitrogens with zero attached hydrogens (tertiary/aromatic N) is 3. The van der Waals surface area contributed by atoms with Crippen molar-refractivity contribution in [3.63, 3.8) is 0 Å². The van der Waals surface area contributed by atoms with Crippen LogP contribution >= 0.6 is 0 Å². The summed E-state index contributed by atoms with van der Waals surface area (Å²) in [7, 11) is 0. The van der Waals surface area contributed by atoms with Gasteiger partial charge in [0.1, 0.15) is 17.0 Å². The monoisotopic (exact) mass is 572 g/mol. The van der Waals surface area contributed by atoms with Crippen molar-refractivity contribution in [3.05, 3.63) is 53.2 Å². The molecule has 0 aliphatic heterocycles. The molecule has 154 valence electrons. The normalized spacial score (nSPS) is 18.8. The minimum atomic E-state index is -0.237. The smallest absolute Gasteiger partial charge is 0.262 e. The fourth-order valence-electron chi connectivity index (χ4n) is 4.05. The number of rotatable bonds is 4. The fourth-order valence-corrected chi connectivity index (χ4v) is 4.05. The van der Waals surface area contributed by atoms with Gasteiger partial charge in [0.05, 0.1) is 11.8 Å². The number of nitrogens with two attached hydrogens (primary N) is 1. The van der Waals surface area contributed by atoms with Gasteiger partial charge in [0.15, 0.2) is 0 Å². The van der Waals surface area contributed by atoms with E-state index in [2.05, 4.69) is 25.6 Å².